The Hall–Kier alpha value is -2.63. The zero-order valence-electron chi connectivity index (χ0n) is 13.9. The lowest BCUT2D eigenvalue weighted by Gasteiger charge is -2.27. The van der Waals surface area contributed by atoms with Crippen LogP contribution in [-0.2, 0) is 6.54 Å². The molecule has 1 aliphatic heterocycles. The predicted molar refractivity (Wildman–Crippen MR) is 95.4 cm³/mol. The second-order valence-corrected chi connectivity index (χ2v) is 6.31. The summed E-state index contributed by atoms with van der Waals surface area (Å²) >= 11 is 0. The summed E-state index contributed by atoms with van der Waals surface area (Å²) in [5, 5.41) is 7.85. The number of nitrogens with zero attached hydrogens (tertiary/aromatic N) is 5. The van der Waals surface area contributed by atoms with Gasteiger partial charge in [-0.1, -0.05) is 0 Å². The largest absolute Gasteiger partial charge is 0.364 e. The zero-order chi connectivity index (χ0) is 16.4. The summed E-state index contributed by atoms with van der Waals surface area (Å²) in [6.07, 6.45) is 9.39. The molecule has 4 rings (SSSR count). The molecular formula is C18H22N6. The van der Waals surface area contributed by atoms with E-state index in [0.717, 1.165) is 42.5 Å². The minimum absolute atomic E-state index is 0.722. The number of piperidine rings is 1. The van der Waals surface area contributed by atoms with E-state index in [9.17, 15) is 0 Å². The van der Waals surface area contributed by atoms with Gasteiger partial charge in [0.05, 0.1) is 5.69 Å². The monoisotopic (exact) mass is 322 g/mol. The number of nitrogens with one attached hydrogen (secondary N) is 1. The van der Waals surface area contributed by atoms with Crippen molar-refractivity contribution < 1.29 is 0 Å². The van der Waals surface area contributed by atoms with Gasteiger partial charge in [0.15, 0.2) is 5.82 Å². The third-order valence-corrected chi connectivity index (χ3v) is 4.46. The maximum Gasteiger partial charge on any atom is 0.152 e. The van der Waals surface area contributed by atoms with Crippen LogP contribution < -0.4 is 10.2 Å². The van der Waals surface area contributed by atoms with E-state index in [1.54, 1.807) is 6.20 Å². The van der Waals surface area contributed by atoms with Gasteiger partial charge in [-0.05, 0) is 49.9 Å². The smallest absolute Gasteiger partial charge is 0.152 e. The van der Waals surface area contributed by atoms with Crippen LogP contribution in [0.1, 0.15) is 30.5 Å². The lowest BCUT2D eigenvalue weighted by atomic mass is 10.1. The number of aromatic nitrogens is 4. The normalized spacial score (nSPS) is 15.0. The Labute approximate surface area is 141 Å². The molecule has 1 N–H and O–H groups in total. The highest BCUT2D eigenvalue weighted by molar-refractivity contribution is 5.67. The number of pyridine rings is 1. The van der Waals surface area contributed by atoms with E-state index >= 15 is 0 Å². The standard InChI is InChI=1S/C18H22N6/c1-14-11-16-18(20-7-10-24(16)22-14)21-13-15-5-6-19-17(12-15)23-8-3-2-4-9-23/h5-7,10-12H,2-4,8-9,13H2,1H3,(H,20,21). The summed E-state index contributed by atoms with van der Waals surface area (Å²) in [6.45, 7) is 4.94. The first-order valence-corrected chi connectivity index (χ1v) is 8.54. The van der Waals surface area contributed by atoms with E-state index in [0.29, 0.717) is 0 Å². The maximum absolute atomic E-state index is 4.54. The first-order chi connectivity index (χ1) is 11.8. The van der Waals surface area contributed by atoms with E-state index in [-0.39, 0.29) is 0 Å². The van der Waals surface area contributed by atoms with Gasteiger partial charge in [0, 0.05) is 38.2 Å². The molecule has 24 heavy (non-hydrogen) atoms. The van der Waals surface area contributed by atoms with Crippen LogP contribution in [0.5, 0.6) is 0 Å². The molecule has 4 heterocycles. The van der Waals surface area contributed by atoms with Gasteiger partial charge in [0.25, 0.3) is 0 Å². The Morgan fingerprint density at radius 1 is 1.08 bits per heavy atom. The van der Waals surface area contributed by atoms with Crippen LogP contribution in [0.3, 0.4) is 0 Å². The van der Waals surface area contributed by atoms with Crippen molar-refractivity contribution in [3.8, 4) is 0 Å². The molecule has 1 aliphatic rings. The Bertz CT molecular complexity index is 834. The van der Waals surface area contributed by atoms with Crippen LogP contribution in [0.4, 0.5) is 11.6 Å². The number of aryl methyl sites for hydroxylation is 1. The van der Waals surface area contributed by atoms with Gasteiger partial charge in [-0.3, -0.25) is 0 Å². The first-order valence-electron chi connectivity index (χ1n) is 8.54. The Morgan fingerprint density at radius 2 is 1.96 bits per heavy atom. The Morgan fingerprint density at radius 3 is 2.83 bits per heavy atom. The van der Waals surface area contributed by atoms with E-state index in [1.807, 2.05) is 29.9 Å². The van der Waals surface area contributed by atoms with Crippen LogP contribution in [0.15, 0.2) is 36.8 Å². The second kappa shape index (κ2) is 6.47. The molecule has 1 saturated heterocycles. The molecule has 0 aliphatic carbocycles. The average Bonchev–Trinajstić information content (AvgIpc) is 3.02. The molecule has 3 aromatic rings. The van der Waals surface area contributed by atoms with Crippen molar-refractivity contribution in [2.45, 2.75) is 32.7 Å². The van der Waals surface area contributed by atoms with Gasteiger partial charge in [-0.2, -0.15) is 5.10 Å². The molecule has 0 radical (unpaired) electrons. The molecule has 0 bridgehead atoms. The fourth-order valence-corrected chi connectivity index (χ4v) is 3.23. The zero-order valence-corrected chi connectivity index (χ0v) is 13.9. The van der Waals surface area contributed by atoms with E-state index < -0.39 is 0 Å². The average molecular weight is 322 g/mol. The molecule has 0 saturated carbocycles. The molecule has 0 aromatic carbocycles. The number of anilines is 2. The predicted octanol–water partition coefficient (Wildman–Crippen LogP) is 3.04. The molecule has 0 unspecified atom stereocenters. The van der Waals surface area contributed by atoms with E-state index in [2.05, 4.69) is 37.4 Å². The van der Waals surface area contributed by atoms with E-state index in [4.69, 9.17) is 0 Å². The molecule has 6 nitrogen and oxygen atoms in total. The van der Waals surface area contributed by atoms with Crippen molar-refractivity contribution in [2.24, 2.45) is 0 Å². The SMILES string of the molecule is Cc1cc2c(NCc3ccnc(N4CCCCC4)c3)nccn2n1. The molecule has 0 amide bonds. The van der Waals surface area contributed by atoms with Crippen LogP contribution in [0.25, 0.3) is 5.52 Å². The lowest BCUT2D eigenvalue weighted by Crippen LogP contribution is -2.30. The quantitative estimate of drug-likeness (QED) is 0.800. The summed E-state index contributed by atoms with van der Waals surface area (Å²) in [4.78, 5) is 11.4. The molecule has 3 aromatic heterocycles. The third kappa shape index (κ3) is 3.04. The van der Waals surface area contributed by atoms with Crippen molar-refractivity contribution in [1.82, 2.24) is 19.6 Å². The van der Waals surface area contributed by atoms with Gasteiger partial charge in [0.2, 0.25) is 0 Å². The highest BCUT2D eigenvalue weighted by atomic mass is 15.2. The van der Waals surface area contributed by atoms with Crippen LogP contribution in [0.2, 0.25) is 0 Å². The number of hydrogen-bond acceptors (Lipinski definition) is 5. The van der Waals surface area contributed by atoms with Crippen molar-refractivity contribution in [2.75, 3.05) is 23.3 Å². The van der Waals surface area contributed by atoms with Gasteiger partial charge < -0.3 is 10.2 Å². The van der Waals surface area contributed by atoms with Gasteiger partial charge in [0.1, 0.15) is 11.3 Å². The summed E-state index contributed by atoms with van der Waals surface area (Å²) in [7, 11) is 0. The fourth-order valence-electron chi connectivity index (χ4n) is 3.23. The van der Waals surface area contributed by atoms with E-state index in [1.165, 1.54) is 24.8 Å². The van der Waals surface area contributed by atoms with Gasteiger partial charge in [-0.15, -0.1) is 0 Å². The van der Waals surface area contributed by atoms with Crippen molar-refractivity contribution >= 4 is 17.2 Å². The van der Waals surface area contributed by atoms with Crippen molar-refractivity contribution in [3.63, 3.8) is 0 Å². The first kappa shape index (κ1) is 14.9. The van der Waals surface area contributed by atoms with Crippen molar-refractivity contribution in [1.29, 1.82) is 0 Å². The molecular weight excluding hydrogens is 300 g/mol. The second-order valence-electron chi connectivity index (χ2n) is 6.31. The minimum atomic E-state index is 0.722. The molecule has 1 fully saturated rings. The van der Waals surface area contributed by atoms with Crippen LogP contribution in [0, 0.1) is 6.92 Å². The summed E-state index contributed by atoms with van der Waals surface area (Å²) in [5.41, 5.74) is 3.20. The number of fused-ring (bicyclic) bond motifs is 1. The Balaban J connectivity index is 1.51. The third-order valence-electron chi connectivity index (χ3n) is 4.46. The molecule has 6 heteroatoms. The van der Waals surface area contributed by atoms with Crippen LogP contribution >= 0.6 is 0 Å². The molecule has 0 spiro atoms. The number of hydrogen-bond donors (Lipinski definition) is 1. The van der Waals surface area contributed by atoms with Crippen LogP contribution in [-0.4, -0.2) is 32.7 Å². The van der Waals surface area contributed by atoms with Crippen molar-refractivity contribution in [3.05, 3.63) is 48.0 Å². The fraction of sp³-hybridized carbons (Fsp3) is 0.389. The highest BCUT2D eigenvalue weighted by Crippen LogP contribution is 2.20. The molecule has 124 valence electrons. The topological polar surface area (TPSA) is 58.4 Å². The summed E-state index contributed by atoms with van der Waals surface area (Å²) in [5.74, 6) is 1.94. The Kier molecular flexibility index (Phi) is 4.02. The number of rotatable bonds is 4. The maximum atomic E-state index is 4.54. The summed E-state index contributed by atoms with van der Waals surface area (Å²) in [6, 6.07) is 6.28. The minimum Gasteiger partial charge on any atom is -0.364 e. The van der Waals surface area contributed by atoms with Gasteiger partial charge >= 0.3 is 0 Å². The van der Waals surface area contributed by atoms with Gasteiger partial charge in [-0.25, -0.2) is 14.5 Å². The molecule has 0 atom stereocenters. The lowest BCUT2D eigenvalue weighted by molar-refractivity contribution is 0.573. The highest BCUT2D eigenvalue weighted by Gasteiger charge is 2.12. The summed E-state index contributed by atoms with van der Waals surface area (Å²) < 4.78 is 1.86.